The molecule has 3 heterocycles. The predicted octanol–water partition coefficient (Wildman–Crippen LogP) is 6.76. The number of aromatic nitrogens is 1. The van der Waals surface area contributed by atoms with E-state index in [-0.39, 0.29) is 17.5 Å². The SMILES string of the molecule is C1CC1.COc1cc(-c2ccc(C3CCc4ccc(CC(C)C(=O)O)cc4O3)cc2CN2CCOC3(CC3)C2)c(F)cn1. The highest BCUT2D eigenvalue weighted by Gasteiger charge is 2.47. The van der Waals surface area contributed by atoms with Gasteiger partial charge in [-0.15, -0.1) is 0 Å². The Bertz CT molecular complexity index is 1470. The fraction of sp³-hybridized carbons (Fsp3) is 0.486. The first-order valence-electron chi connectivity index (χ1n) is 15.5. The number of methoxy groups -OCH3 is 1. The van der Waals surface area contributed by atoms with Crippen LogP contribution in [0.5, 0.6) is 11.6 Å². The van der Waals surface area contributed by atoms with Gasteiger partial charge in [-0.1, -0.05) is 56.5 Å². The maximum atomic E-state index is 15.1. The number of aryl methyl sites for hydroxylation is 1. The van der Waals surface area contributed by atoms with E-state index in [4.69, 9.17) is 14.2 Å². The maximum absolute atomic E-state index is 15.1. The molecule has 4 aliphatic rings. The molecule has 228 valence electrons. The second-order valence-electron chi connectivity index (χ2n) is 12.5. The van der Waals surface area contributed by atoms with Gasteiger partial charge < -0.3 is 19.3 Å². The van der Waals surface area contributed by atoms with Gasteiger partial charge in [0, 0.05) is 31.3 Å². The van der Waals surface area contributed by atoms with Gasteiger partial charge in [0.05, 0.1) is 31.4 Å². The van der Waals surface area contributed by atoms with Crippen LogP contribution in [0.2, 0.25) is 0 Å². The Balaban J connectivity index is 0.00000103. The summed E-state index contributed by atoms with van der Waals surface area (Å²) in [5.41, 5.74) is 5.44. The monoisotopic (exact) mass is 588 g/mol. The molecule has 1 saturated heterocycles. The summed E-state index contributed by atoms with van der Waals surface area (Å²) in [6.45, 7) is 4.81. The van der Waals surface area contributed by atoms with Gasteiger partial charge in [-0.2, -0.15) is 0 Å². The number of halogens is 1. The van der Waals surface area contributed by atoms with E-state index in [0.29, 0.717) is 31.0 Å². The molecule has 3 aromatic rings. The number of ether oxygens (including phenoxy) is 3. The molecule has 0 amide bonds. The summed E-state index contributed by atoms with van der Waals surface area (Å²) in [4.78, 5) is 17.8. The van der Waals surface area contributed by atoms with Crippen LogP contribution in [0.4, 0.5) is 4.39 Å². The molecule has 0 radical (unpaired) electrons. The van der Waals surface area contributed by atoms with Crippen LogP contribution >= 0.6 is 0 Å². The van der Waals surface area contributed by atoms with Crippen LogP contribution in [0.1, 0.15) is 73.8 Å². The minimum Gasteiger partial charge on any atom is -0.485 e. The molecule has 1 aromatic heterocycles. The van der Waals surface area contributed by atoms with Crippen molar-refractivity contribution >= 4 is 5.97 Å². The predicted molar refractivity (Wildman–Crippen MR) is 162 cm³/mol. The Labute approximate surface area is 253 Å². The number of aliphatic carboxylic acids is 1. The number of morpholine rings is 1. The molecule has 2 saturated carbocycles. The number of nitrogens with zero attached hydrogens (tertiary/aromatic N) is 2. The van der Waals surface area contributed by atoms with Crippen molar-refractivity contribution in [2.75, 3.05) is 26.8 Å². The summed E-state index contributed by atoms with van der Waals surface area (Å²) in [6.07, 6.45) is 9.90. The summed E-state index contributed by atoms with van der Waals surface area (Å²) >= 11 is 0. The minimum absolute atomic E-state index is 0.00675. The van der Waals surface area contributed by atoms with Crippen molar-refractivity contribution in [1.29, 1.82) is 0 Å². The van der Waals surface area contributed by atoms with Crippen LogP contribution in [0, 0.1) is 11.7 Å². The molecular weight excluding hydrogens is 547 g/mol. The zero-order chi connectivity index (χ0) is 30.0. The first-order chi connectivity index (χ1) is 20.8. The van der Waals surface area contributed by atoms with E-state index >= 15 is 4.39 Å². The van der Waals surface area contributed by atoms with Crippen LogP contribution in [-0.4, -0.2) is 53.4 Å². The topological polar surface area (TPSA) is 81.1 Å². The number of hydrogen-bond acceptors (Lipinski definition) is 6. The fourth-order valence-corrected chi connectivity index (χ4v) is 5.90. The Hall–Kier alpha value is -3.49. The van der Waals surface area contributed by atoms with Gasteiger partial charge in [0.1, 0.15) is 17.7 Å². The zero-order valence-corrected chi connectivity index (χ0v) is 25.1. The van der Waals surface area contributed by atoms with Crippen LogP contribution in [0.25, 0.3) is 11.1 Å². The van der Waals surface area contributed by atoms with Crippen molar-refractivity contribution in [1.82, 2.24) is 9.88 Å². The average molecular weight is 589 g/mol. The third-order valence-electron chi connectivity index (χ3n) is 8.75. The Kier molecular flexibility index (Phi) is 8.68. The van der Waals surface area contributed by atoms with Gasteiger partial charge in [-0.25, -0.2) is 9.37 Å². The molecule has 2 aliphatic carbocycles. The Morgan fingerprint density at radius 2 is 1.98 bits per heavy atom. The fourth-order valence-electron chi connectivity index (χ4n) is 5.90. The van der Waals surface area contributed by atoms with Crippen LogP contribution in [0.3, 0.4) is 0 Å². The molecule has 8 heteroatoms. The van der Waals surface area contributed by atoms with Crippen LogP contribution < -0.4 is 9.47 Å². The third-order valence-corrected chi connectivity index (χ3v) is 8.75. The van der Waals surface area contributed by atoms with Crippen molar-refractivity contribution < 1.29 is 28.5 Å². The molecule has 2 aliphatic heterocycles. The second kappa shape index (κ2) is 12.6. The first kappa shape index (κ1) is 29.6. The van der Waals surface area contributed by atoms with Crippen molar-refractivity contribution in [2.24, 2.45) is 5.92 Å². The maximum Gasteiger partial charge on any atom is 0.306 e. The molecule has 1 spiro atoms. The van der Waals surface area contributed by atoms with Gasteiger partial charge in [0.25, 0.3) is 0 Å². The third kappa shape index (κ3) is 7.19. The van der Waals surface area contributed by atoms with E-state index in [0.717, 1.165) is 72.3 Å². The highest BCUT2D eigenvalue weighted by Crippen LogP contribution is 2.43. The summed E-state index contributed by atoms with van der Waals surface area (Å²) in [6, 6.07) is 13.9. The van der Waals surface area contributed by atoms with E-state index in [1.807, 2.05) is 24.3 Å². The number of carboxylic acids is 1. The van der Waals surface area contributed by atoms with Crippen molar-refractivity contribution in [3.63, 3.8) is 0 Å². The minimum atomic E-state index is -0.805. The second-order valence-corrected chi connectivity index (χ2v) is 12.5. The zero-order valence-electron chi connectivity index (χ0n) is 25.1. The van der Waals surface area contributed by atoms with Gasteiger partial charge >= 0.3 is 5.97 Å². The summed E-state index contributed by atoms with van der Waals surface area (Å²) in [5, 5.41) is 9.32. The van der Waals surface area contributed by atoms with E-state index in [1.165, 1.54) is 32.6 Å². The van der Waals surface area contributed by atoms with Crippen LogP contribution in [0.15, 0.2) is 48.7 Å². The number of pyridine rings is 1. The molecule has 2 aromatic carbocycles. The van der Waals surface area contributed by atoms with E-state index in [2.05, 4.69) is 22.0 Å². The molecule has 7 rings (SSSR count). The lowest BCUT2D eigenvalue weighted by Gasteiger charge is -2.34. The molecule has 3 fully saturated rings. The molecular formula is C35H41FN2O5. The quantitative estimate of drug-likeness (QED) is 0.311. The molecule has 7 nitrogen and oxygen atoms in total. The van der Waals surface area contributed by atoms with Crippen molar-refractivity contribution in [2.45, 2.75) is 76.5 Å². The van der Waals surface area contributed by atoms with E-state index < -0.39 is 11.9 Å². The lowest BCUT2D eigenvalue weighted by molar-refractivity contribution is -0.141. The first-order valence-corrected chi connectivity index (χ1v) is 15.5. The normalized spacial score (nSPS) is 20.7. The number of carbonyl (C=O) groups is 1. The van der Waals surface area contributed by atoms with Gasteiger partial charge in [0.2, 0.25) is 5.88 Å². The van der Waals surface area contributed by atoms with Crippen molar-refractivity contribution in [3.05, 3.63) is 76.7 Å². The summed E-state index contributed by atoms with van der Waals surface area (Å²) in [5.74, 6) is -0.475. The lowest BCUT2D eigenvalue weighted by atomic mass is 9.91. The highest BCUT2D eigenvalue weighted by molar-refractivity contribution is 5.70. The number of hydrogen-bond donors (Lipinski definition) is 1. The van der Waals surface area contributed by atoms with Crippen LogP contribution in [-0.2, 0) is 28.9 Å². The average Bonchev–Trinajstić information content (AvgIpc) is 3.95. The number of carboxylic acid groups (broad SMARTS) is 1. The summed E-state index contributed by atoms with van der Waals surface area (Å²) in [7, 11) is 1.53. The van der Waals surface area contributed by atoms with Crippen molar-refractivity contribution in [3.8, 4) is 22.8 Å². The number of benzene rings is 2. The van der Waals surface area contributed by atoms with Gasteiger partial charge in [-0.05, 0) is 66.0 Å². The summed E-state index contributed by atoms with van der Waals surface area (Å²) < 4.78 is 32.9. The van der Waals surface area contributed by atoms with E-state index in [1.54, 1.807) is 13.0 Å². The smallest absolute Gasteiger partial charge is 0.306 e. The Morgan fingerprint density at radius 1 is 1.16 bits per heavy atom. The standard InChI is InChI=1S/C32H35FN2O5.C3H6/c1-20(31(36)37)13-21-3-4-22-6-8-28(40-29(22)14-21)23-5-7-25(26-16-30(38-2)34-17-27(26)33)24(15-23)18-35-11-12-39-32(19-35)9-10-32;1-2-3-1/h3-5,7,14-17,20,28H,6,8-13,18-19H2,1-2H3,(H,36,37);1-3H2. The molecule has 2 atom stereocenters. The number of fused-ring (bicyclic) bond motifs is 1. The van der Waals surface area contributed by atoms with Gasteiger partial charge in [-0.3, -0.25) is 9.69 Å². The molecule has 1 N–H and O–H groups in total. The Morgan fingerprint density at radius 3 is 2.70 bits per heavy atom. The molecule has 43 heavy (non-hydrogen) atoms. The van der Waals surface area contributed by atoms with Gasteiger partial charge in [0.15, 0.2) is 0 Å². The lowest BCUT2D eigenvalue weighted by Crippen LogP contribution is -2.43. The number of rotatable bonds is 8. The largest absolute Gasteiger partial charge is 0.485 e. The molecule has 0 bridgehead atoms. The molecule has 2 unspecified atom stereocenters. The highest BCUT2D eigenvalue weighted by atomic mass is 19.1. The van der Waals surface area contributed by atoms with E-state index in [9.17, 15) is 9.90 Å².